The number of aromatic amines is 1. The fraction of sp³-hybridized carbons (Fsp3) is 0.192. The third-order valence-corrected chi connectivity index (χ3v) is 5.21. The van der Waals surface area contributed by atoms with Gasteiger partial charge in [0.25, 0.3) is 5.91 Å². The third-order valence-electron chi connectivity index (χ3n) is 5.21. The lowest BCUT2D eigenvalue weighted by atomic mass is 10.1. The lowest BCUT2D eigenvalue weighted by Crippen LogP contribution is -2.34. The maximum Gasteiger partial charge on any atom is 0.258 e. The number of H-pyrrole nitrogens is 1. The van der Waals surface area contributed by atoms with Crippen molar-refractivity contribution in [1.82, 2.24) is 25.5 Å². The molecule has 10 nitrogen and oxygen atoms in total. The fourth-order valence-electron chi connectivity index (χ4n) is 3.58. The highest BCUT2D eigenvalue weighted by Gasteiger charge is 2.15. The molecule has 184 valence electrons. The van der Waals surface area contributed by atoms with Crippen molar-refractivity contribution in [2.75, 3.05) is 24.3 Å². The SMILES string of the molecule is CNc1c(C=N)nc(-c2cccc(OCC(=O)NC(C)C)c2)nc1Nc1ccc(-c2cn[nH]c2)cc1. The molecule has 1 amide bonds. The van der Waals surface area contributed by atoms with Gasteiger partial charge in [0.15, 0.2) is 18.2 Å². The normalized spacial score (nSPS) is 10.7. The van der Waals surface area contributed by atoms with E-state index in [1.54, 1.807) is 25.4 Å². The molecule has 0 saturated heterocycles. The topological polar surface area (TPSA) is 141 Å². The first-order valence-corrected chi connectivity index (χ1v) is 11.5. The summed E-state index contributed by atoms with van der Waals surface area (Å²) in [6, 6.07) is 15.1. The van der Waals surface area contributed by atoms with E-state index < -0.39 is 0 Å². The second-order valence-corrected chi connectivity index (χ2v) is 8.28. The predicted octanol–water partition coefficient (Wildman–Crippen LogP) is 4.22. The van der Waals surface area contributed by atoms with Crippen LogP contribution in [-0.4, -0.2) is 52.0 Å². The average molecular weight is 485 g/mol. The molecule has 0 unspecified atom stereocenters. The summed E-state index contributed by atoms with van der Waals surface area (Å²) in [7, 11) is 1.76. The molecular weight excluding hydrogens is 456 g/mol. The van der Waals surface area contributed by atoms with Crippen molar-refractivity contribution in [3.8, 4) is 28.3 Å². The molecule has 5 N–H and O–H groups in total. The van der Waals surface area contributed by atoms with Crippen LogP contribution in [0.3, 0.4) is 0 Å². The zero-order valence-electron chi connectivity index (χ0n) is 20.3. The van der Waals surface area contributed by atoms with E-state index in [1.165, 1.54) is 6.21 Å². The van der Waals surface area contributed by atoms with Gasteiger partial charge in [-0.05, 0) is 43.7 Å². The van der Waals surface area contributed by atoms with Crippen LogP contribution < -0.4 is 20.7 Å². The minimum atomic E-state index is -0.193. The number of hydrogen-bond acceptors (Lipinski definition) is 8. The molecule has 4 rings (SSSR count). The Morgan fingerprint density at radius 3 is 2.58 bits per heavy atom. The van der Waals surface area contributed by atoms with E-state index in [4.69, 9.17) is 15.1 Å². The van der Waals surface area contributed by atoms with Gasteiger partial charge in [-0.15, -0.1) is 0 Å². The van der Waals surface area contributed by atoms with E-state index >= 15 is 0 Å². The molecule has 4 aromatic rings. The van der Waals surface area contributed by atoms with Crippen molar-refractivity contribution < 1.29 is 9.53 Å². The molecule has 0 aliphatic rings. The van der Waals surface area contributed by atoms with Gasteiger partial charge < -0.3 is 26.1 Å². The van der Waals surface area contributed by atoms with Crippen LogP contribution in [0, 0.1) is 5.41 Å². The maximum absolute atomic E-state index is 11.9. The van der Waals surface area contributed by atoms with Gasteiger partial charge in [0.2, 0.25) is 0 Å². The van der Waals surface area contributed by atoms with Crippen molar-refractivity contribution in [3.05, 3.63) is 66.6 Å². The lowest BCUT2D eigenvalue weighted by Gasteiger charge is -2.15. The minimum Gasteiger partial charge on any atom is -0.484 e. The van der Waals surface area contributed by atoms with Crippen LogP contribution in [0.5, 0.6) is 5.75 Å². The molecule has 0 aliphatic heterocycles. The molecule has 2 aromatic carbocycles. The van der Waals surface area contributed by atoms with Crippen molar-refractivity contribution in [1.29, 1.82) is 5.41 Å². The summed E-state index contributed by atoms with van der Waals surface area (Å²) in [4.78, 5) is 21.2. The molecule has 0 bridgehead atoms. The van der Waals surface area contributed by atoms with E-state index in [0.29, 0.717) is 34.3 Å². The van der Waals surface area contributed by atoms with Crippen LogP contribution in [0.1, 0.15) is 19.5 Å². The summed E-state index contributed by atoms with van der Waals surface area (Å²) < 4.78 is 5.65. The van der Waals surface area contributed by atoms with Crippen molar-refractivity contribution in [2.45, 2.75) is 19.9 Å². The fourth-order valence-corrected chi connectivity index (χ4v) is 3.58. The Morgan fingerprint density at radius 1 is 1.11 bits per heavy atom. The molecule has 2 heterocycles. The van der Waals surface area contributed by atoms with Crippen LogP contribution in [0.25, 0.3) is 22.5 Å². The highest BCUT2D eigenvalue weighted by molar-refractivity contribution is 5.90. The number of nitrogens with one attached hydrogen (secondary N) is 5. The first kappa shape index (κ1) is 24.4. The summed E-state index contributed by atoms with van der Waals surface area (Å²) in [6.45, 7) is 3.70. The number of aromatic nitrogens is 4. The second kappa shape index (κ2) is 11.1. The number of nitrogens with zero attached hydrogens (tertiary/aromatic N) is 3. The van der Waals surface area contributed by atoms with Crippen molar-refractivity contribution in [2.24, 2.45) is 0 Å². The molecule has 36 heavy (non-hydrogen) atoms. The molecule has 0 saturated carbocycles. The van der Waals surface area contributed by atoms with Crippen molar-refractivity contribution >= 4 is 29.3 Å². The van der Waals surface area contributed by atoms with Crippen molar-refractivity contribution in [3.63, 3.8) is 0 Å². The number of hydrogen-bond donors (Lipinski definition) is 5. The van der Waals surface area contributed by atoms with E-state index in [9.17, 15) is 4.79 Å². The minimum absolute atomic E-state index is 0.0406. The highest BCUT2D eigenvalue weighted by atomic mass is 16.5. The largest absolute Gasteiger partial charge is 0.484 e. The Balaban J connectivity index is 1.60. The Morgan fingerprint density at radius 2 is 1.92 bits per heavy atom. The van der Waals surface area contributed by atoms with Gasteiger partial charge in [-0.3, -0.25) is 9.89 Å². The van der Waals surface area contributed by atoms with E-state index in [-0.39, 0.29) is 18.6 Å². The standard InChI is InChI=1S/C26H28N8O2/c1-16(2)31-23(35)15-36-21-6-4-5-18(11-21)25-33-22(12-27)24(28-3)26(34-25)32-20-9-7-17(8-10-20)19-13-29-30-14-19/h4-14,16,27-28H,15H2,1-3H3,(H,29,30)(H,31,35)(H,32,33,34). The van der Waals surface area contributed by atoms with Crippen LogP contribution in [0.15, 0.2) is 60.9 Å². The zero-order valence-corrected chi connectivity index (χ0v) is 20.3. The van der Waals surface area contributed by atoms with Crippen LogP contribution >= 0.6 is 0 Å². The summed E-state index contributed by atoms with van der Waals surface area (Å²) in [6.07, 6.45) is 4.78. The van der Waals surface area contributed by atoms with Gasteiger partial charge in [0, 0.05) is 42.3 Å². The number of ether oxygens (including phenoxy) is 1. The quantitative estimate of drug-likeness (QED) is 0.212. The molecule has 0 spiro atoms. The second-order valence-electron chi connectivity index (χ2n) is 8.28. The molecular formula is C26H28N8O2. The molecule has 0 fully saturated rings. The van der Waals surface area contributed by atoms with Crippen LogP contribution in [-0.2, 0) is 4.79 Å². The summed E-state index contributed by atoms with van der Waals surface area (Å²) in [5.74, 6) is 1.27. The van der Waals surface area contributed by atoms with E-state index in [1.807, 2.05) is 56.4 Å². The van der Waals surface area contributed by atoms with E-state index in [2.05, 4.69) is 31.1 Å². The van der Waals surface area contributed by atoms with Gasteiger partial charge in [-0.25, -0.2) is 9.97 Å². The molecule has 2 aromatic heterocycles. The molecule has 0 atom stereocenters. The first-order chi connectivity index (χ1) is 17.5. The van der Waals surface area contributed by atoms with E-state index in [0.717, 1.165) is 16.8 Å². The lowest BCUT2D eigenvalue weighted by molar-refractivity contribution is -0.123. The van der Waals surface area contributed by atoms with Gasteiger partial charge in [-0.1, -0.05) is 24.3 Å². The molecule has 10 heteroatoms. The van der Waals surface area contributed by atoms with Crippen LogP contribution in [0.2, 0.25) is 0 Å². The van der Waals surface area contributed by atoms with Gasteiger partial charge in [-0.2, -0.15) is 5.10 Å². The monoisotopic (exact) mass is 484 g/mol. The Kier molecular flexibility index (Phi) is 7.54. The number of carbonyl (C=O) groups is 1. The Labute approximate surface area is 209 Å². The average Bonchev–Trinajstić information content (AvgIpc) is 3.42. The summed E-state index contributed by atoms with van der Waals surface area (Å²) in [5.41, 5.74) is 4.59. The van der Waals surface area contributed by atoms with Gasteiger partial charge >= 0.3 is 0 Å². The third kappa shape index (κ3) is 5.84. The number of benzene rings is 2. The highest BCUT2D eigenvalue weighted by Crippen LogP contribution is 2.30. The first-order valence-electron chi connectivity index (χ1n) is 11.5. The number of anilines is 3. The van der Waals surface area contributed by atoms with Crippen LogP contribution in [0.4, 0.5) is 17.2 Å². The number of rotatable bonds is 10. The number of amides is 1. The predicted molar refractivity (Wildman–Crippen MR) is 141 cm³/mol. The maximum atomic E-state index is 11.9. The molecule has 0 aliphatic carbocycles. The Bertz CT molecular complexity index is 1330. The van der Waals surface area contributed by atoms with Gasteiger partial charge in [0.1, 0.15) is 17.1 Å². The zero-order chi connectivity index (χ0) is 25.5. The summed E-state index contributed by atoms with van der Waals surface area (Å²) in [5, 5.41) is 23.9. The molecule has 0 radical (unpaired) electrons. The Hall–Kier alpha value is -4.73. The smallest absolute Gasteiger partial charge is 0.258 e. The summed E-state index contributed by atoms with van der Waals surface area (Å²) >= 11 is 0. The number of carbonyl (C=O) groups excluding carboxylic acids is 1. The van der Waals surface area contributed by atoms with Gasteiger partial charge in [0.05, 0.1) is 6.20 Å².